The average Bonchev–Trinajstić information content (AvgIpc) is 2.28. The van der Waals surface area contributed by atoms with Crippen molar-refractivity contribution in [1.82, 2.24) is 4.98 Å². The molecule has 1 aromatic heterocycles. The van der Waals surface area contributed by atoms with E-state index < -0.39 is 0 Å². The molecule has 0 radical (unpaired) electrons. The molecule has 0 aromatic carbocycles. The van der Waals surface area contributed by atoms with Crippen molar-refractivity contribution in [2.75, 3.05) is 7.11 Å². The minimum atomic E-state index is -0.285. The zero-order valence-electron chi connectivity index (χ0n) is 6.89. The maximum atomic E-state index is 11.0. The molecule has 0 fully saturated rings. The maximum absolute atomic E-state index is 11.0. The molecule has 0 amide bonds. The highest BCUT2D eigenvalue weighted by Crippen LogP contribution is 2.09. The minimum Gasteiger partial charge on any atom is -0.465 e. The van der Waals surface area contributed by atoms with Crippen molar-refractivity contribution in [1.29, 1.82) is 0 Å². The summed E-state index contributed by atoms with van der Waals surface area (Å²) in [6.45, 7) is 3.75. The van der Waals surface area contributed by atoms with Gasteiger partial charge in [0.25, 0.3) is 0 Å². The first-order valence-electron chi connectivity index (χ1n) is 3.39. The quantitative estimate of drug-likeness (QED) is 0.683. The minimum absolute atomic E-state index is 0. The summed E-state index contributed by atoms with van der Waals surface area (Å²) in [5.74, 6) is -0.285. The molecule has 0 atom stereocenters. The van der Waals surface area contributed by atoms with E-state index in [0.717, 1.165) is 11.4 Å². The lowest BCUT2D eigenvalue weighted by Gasteiger charge is -1.94. The van der Waals surface area contributed by atoms with Crippen LogP contribution in [0.2, 0.25) is 0 Å². The van der Waals surface area contributed by atoms with E-state index in [1.165, 1.54) is 7.11 Å². The van der Waals surface area contributed by atoms with Crippen LogP contribution in [0.3, 0.4) is 0 Å². The van der Waals surface area contributed by atoms with Crippen LogP contribution in [0.25, 0.3) is 0 Å². The summed E-state index contributed by atoms with van der Waals surface area (Å²) in [5.41, 5.74) is 2.45. The van der Waals surface area contributed by atoms with Gasteiger partial charge in [0.1, 0.15) is 0 Å². The van der Waals surface area contributed by atoms with Gasteiger partial charge in [-0.05, 0) is 19.9 Å². The number of carbonyl (C=O) groups is 1. The van der Waals surface area contributed by atoms with Gasteiger partial charge in [0.05, 0.1) is 12.7 Å². The Morgan fingerprint density at radius 1 is 1.38 bits per heavy atom. The predicted molar refractivity (Wildman–Crippen MR) is 55.1 cm³/mol. The summed E-state index contributed by atoms with van der Waals surface area (Å²) in [4.78, 5) is 14.0. The highest BCUT2D eigenvalue weighted by Gasteiger charge is 2.10. The fourth-order valence-corrected chi connectivity index (χ4v) is 1.05. The van der Waals surface area contributed by atoms with Crippen molar-refractivity contribution in [2.24, 2.45) is 0 Å². The van der Waals surface area contributed by atoms with E-state index in [0.29, 0.717) is 5.56 Å². The molecule has 0 unspecified atom stereocenters. The molecule has 0 bridgehead atoms. The molecule has 13 heavy (non-hydrogen) atoms. The van der Waals surface area contributed by atoms with Crippen molar-refractivity contribution >= 4 is 5.97 Å². The van der Waals surface area contributed by atoms with Crippen LogP contribution in [0.4, 0.5) is 0 Å². The Bertz CT molecular complexity index is 276. The third-order valence-electron chi connectivity index (χ3n) is 1.55. The number of aromatic nitrogens is 1. The lowest BCUT2D eigenvalue weighted by molar-refractivity contribution is 0.0600. The fraction of sp³-hybridized carbons (Fsp3) is 0.500. The smallest absolute Gasteiger partial charge is 0.339 e. The molecule has 1 aromatic rings. The van der Waals surface area contributed by atoms with Crippen LogP contribution in [-0.2, 0) is 4.74 Å². The van der Waals surface area contributed by atoms with Gasteiger partial charge < -0.3 is 9.72 Å². The van der Waals surface area contributed by atoms with Gasteiger partial charge in [0, 0.05) is 11.4 Å². The lowest BCUT2D eigenvalue weighted by Crippen LogP contribution is -2.00. The second-order valence-electron chi connectivity index (χ2n) is 2.48. The fourth-order valence-electron chi connectivity index (χ4n) is 1.05. The summed E-state index contributed by atoms with van der Waals surface area (Å²) in [6, 6.07) is 1.78. The number of rotatable bonds is 1. The van der Waals surface area contributed by atoms with Crippen LogP contribution in [-0.4, -0.2) is 18.1 Å². The van der Waals surface area contributed by atoms with E-state index in [1.807, 2.05) is 13.8 Å². The Morgan fingerprint density at radius 3 is 2.23 bits per heavy atom. The Morgan fingerprint density at radius 2 is 1.92 bits per heavy atom. The maximum Gasteiger partial charge on any atom is 0.339 e. The molecule has 0 aliphatic heterocycles. The zero-order chi connectivity index (χ0) is 8.43. The van der Waals surface area contributed by atoms with E-state index in [2.05, 4.69) is 9.72 Å². The van der Waals surface area contributed by atoms with Gasteiger partial charge in [-0.1, -0.05) is 14.9 Å². The summed E-state index contributed by atoms with van der Waals surface area (Å²) in [5, 5.41) is 0. The van der Waals surface area contributed by atoms with E-state index in [1.54, 1.807) is 6.07 Å². The van der Waals surface area contributed by atoms with Crippen LogP contribution in [0.15, 0.2) is 6.07 Å². The highest BCUT2D eigenvalue weighted by atomic mass is 16.5. The number of hydrogen-bond donors (Lipinski definition) is 1. The number of aryl methyl sites for hydroxylation is 2. The first kappa shape index (κ1) is 14.3. The first-order chi connectivity index (χ1) is 5.15. The molecule has 0 aliphatic carbocycles. The second kappa shape index (κ2) is 5.41. The Labute approximate surface area is 80.1 Å². The van der Waals surface area contributed by atoms with Crippen LogP contribution >= 0.6 is 0 Å². The van der Waals surface area contributed by atoms with Crippen LogP contribution < -0.4 is 0 Å². The number of H-pyrrole nitrogens is 1. The summed E-state index contributed by atoms with van der Waals surface area (Å²) in [6.07, 6.45) is 0. The standard InChI is InChI=1S/C8H11NO2.2CH4/c1-5-4-7(6(2)9-5)8(10)11-3;;/h4,9H,1-3H3;2*1H4. The summed E-state index contributed by atoms with van der Waals surface area (Å²) < 4.78 is 4.57. The SMILES string of the molecule is C.C.COC(=O)c1cc(C)[nH]c1C. The summed E-state index contributed by atoms with van der Waals surface area (Å²) in [7, 11) is 1.38. The number of esters is 1. The molecular formula is C10H19NO2. The Kier molecular flexibility index (Phi) is 5.94. The number of hydrogen-bond acceptors (Lipinski definition) is 2. The van der Waals surface area contributed by atoms with Gasteiger partial charge in [-0.25, -0.2) is 4.79 Å². The predicted octanol–water partition coefficient (Wildman–Crippen LogP) is 2.69. The second-order valence-corrected chi connectivity index (χ2v) is 2.48. The normalized spacial score (nSPS) is 8.23. The van der Waals surface area contributed by atoms with E-state index in [4.69, 9.17) is 0 Å². The van der Waals surface area contributed by atoms with E-state index >= 15 is 0 Å². The lowest BCUT2D eigenvalue weighted by atomic mass is 10.2. The Balaban J connectivity index is 0. The van der Waals surface area contributed by atoms with Gasteiger partial charge in [0.15, 0.2) is 0 Å². The molecule has 0 spiro atoms. The molecule has 3 heteroatoms. The monoisotopic (exact) mass is 185 g/mol. The largest absolute Gasteiger partial charge is 0.465 e. The number of aromatic amines is 1. The van der Waals surface area contributed by atoms with Crippen molar-refractivity contribution in [3.63, 3.8) is 0 Å². The molecule has 0 saturated heterocycles. The molecule has 1 heterocycles. The number of nitrogens with one attached hydrogen (secondary N) is 1. The zero-order valence-corrected chi connectivity index (χ0v) is 6.89. The molecule has 3 nitrogen and oxygen atoms in total. The third kappa shape index (κ3) is 2.93. The van der Waals surface area contributed by atoms with E-state index in [-0.39, 0.29) is 20.8 Å². The highest BCUT2D eigenvalue weighted by molar-refractivity contribution is 5.90. The summed E-state index contributed by atoms with van der Waals surface area (Å²) >= 11 is 0. The van der Waals surface area contributed by atoms with Crippen LogP contribution in [0.1, 0.15) is 36.6 Å². The van der Waals surface area contributed by atoms with Gasteiger partial charge in [-0.15, -0.1) is 0 Å². The van der Waals surface area contributed by atoms with Crippen molar-refractivity contribution in [3.05, 3.63) is 23.0 Å². The van der Waals surface area contributed by atoms with Crippen molar-refractivity contribution in [3.8, 4) is 0 Å². The molecule has 1 N–H and O–H groups in total. The van der Waals surface area contributed by atoms with Crippen LogP contribution in [0, 0.1) is 13.8 Å². The molecular weight excluding hydrogens is 166 g/mol. The van der Waals surface area contributed by atoms with Gasteiger partial charge in [-0.3, -0.25) is 0 Å². The van der Waals surface area contributed by atoms with E-state index in [9.17, 15) is 4.79 Å². The first-order valence-corrected chi connectivity index (χ1v) is 3.39. The molecule has 1 rings (SSSR count). The van der Waals surface area contributed by atoms with Gasteiger partial charge >= 0.3 is 5.97 Å². The van der Waals surface area contributed by atoms with Crippen molar-refractivity contribution in [2.45, 2.75) is 28.7 Å². The molecule has 0 saturated carbocycles. The van der Waals surface area contributed by atoms with Gasteiger partial charge in [0.2, 0.25) is 0 Å². The molecule has 76 valence electrons. The Hall–Kier alpha value is -1.25. The average molecular weight is 185 g/mol. The molecule has 0 aliphatic rings. The topological polar surface area (TPSA) is 42.1 Å². The number of methoxy groups -OCH3 is 1. The van der Waals surface area contributed by atoms with Crippen LogP contribution in [0.5, 0.6) is 0 Å². The number of carbonyl (C=O) groups excluding carboxylic acids is 1. The van der Waals surface area contributed by atoms with Gasteiger partial charge in [-0.2, -0.15) is 0 Å². The number of ether oxygens (including phenoxy) is 1. The van der Waals surface area contributed by atoms with Crippen molar-refractivity contribution < 1.29 is 9.53 Å². The third-order valence-corrected chi connectivity index (χ3v) is 1.55.